The van der Waals surface area contributed by atoms with Crippen LogP contribution in [0.5, 0.6) is 0 Å². The highest BCUT2D eigenvalue weighted by Gasteiger charge is 2.20. The van der Waals surface area contributed by atoms with E-state index >= 15 is 0 Å². The van der Waals surface area contributed by atoms with Gasteiger partial charge in [-0.25, -0.2) is 0 Å². The van der Waals surface area contributed by atoms with Gasteiger partial charge < -0.3 is 5.32 Å². The molecule has 0 aliphatic heterocycles. The van der Waals surface area contributed by atoms with Crippen LogP contribution in [0, 0.1) is 0 Å². The summed E-state index contributed by atoms with van der Waals surface area (Å²) in [5.74, 6) is 0. The number of hydrogen-bond acceptors (Lipinski definition) is 2. The Morgan fingerprint density at radius 3 is 2.75 bits per heavy atom. The van der Waals surface area contributed by atoms with E-state index in [9.17, 15) is 0 Å². The minimum atomic E-state index is 0.140. The molecule has 0 radical (unpaired) electrons. The summed E-state index contributed by atoms with van der Waals surface area (Å²) in [6, 6.07) is 8.77. The first-order chi connectivity index (χ1) is 9.52. The lowest BCUT2D eigenvalue weighted by molar-refractivity contribution is 0.460. The van der Waals surface area contributed by atoms with Crippen LogP contribution in [0.4, 0.5) is 0 Å². The second kappa shape index (κ2) is 6.74. The maximum Gasteiger partial charge on any atom is 0.0834 e. The largest absolute Gasteiger partial charge is 0.311 e. The summed E-state index contributed by atoms with van der Waals surface area (Å²) < 4.78 is 3.08. The number of halogens is 2. The van der Waals surface area contributed by atoms with Crippen molar-refractivity contribution >= 4 is 27.5 Å². The maximum atomic E-state index is 6.33. The third-order valence-electron chi connectivity index (χ3n) is 3.28. The van der Waals surface area contributed by atoms with E-state index in [-0.39, 0.29) is 12.1 Å². The van der Waals surface area contributed by atoms with Gasteiger partial charge in [0.25, 0.3) is 0 Å². The lowest BCUT2D eigenvalue weighted by atomic mass is 10.0. The van der Waals surface area contributed by atoms with E-state index in [1.807, 2.05) is 23.9 Å². The van der Waals surface area contributed by atoms with E-state index in [1.165, 1.54) is 5.56 Å². The SMILES string of the molecule is CNC(Cc1cccc(Br)c1)c1c(Cl)cnn1C(C)C. The molecule has 2 rings (SSSR count). The molecule has 20 heavy (non-hydrogen) atoms. The Balaban J connectivity index is 2.31. The van der Waals surface area contributed by atoms with Crippen LogP contribution in [0.3, 0.4) is 0 Å². The van der Waals surface area contributed by atoms with Crippen LogP contribution in [-0.4, -0.2) is 16.8 Å². The van der Waals surface area contributed by atoms with Crippen LogP contribution >= 0.6 is 27.5 Å². The lowest BCUT2D eigenvalue weighted by Crippen LogP contribution is -2.23. The zero-order chi connectivity index (χ0) is 14.7. The molecule has 0 aliphatic carbocycles. The van der Waals surface area contributed by atoms with Crippen LogP contribution in [0.2, 0.25) is 5.02 Å². The normalized spacial score (nSPS) is 12.9. The van der Waals surface area contributed by atoms with Gasteiger partial charge >= 0.3 is 0 Å². The van der Waals surface area contributed by atoms with Crippen molar-refractivity contribution in [3.05, 3.63) is 51.2 Å². The highest BCUT2D eigenvalue weighted by atomic mass is 79.9. The first-order valence-electron chi connectivity index (χ1n) is 6.67. The van der Waals surface area contributed by atoms with Crippen LogP contribution < -0.4 is 5.32 Å². The number of likely N-dealkylation sites (N-methyl/N-ethyl adjacent to an activating group) is 1. The van der Waals surface area contributed by atoms with Gasteiger partial charge in [0.05, 0.1) is 23.0 Å². The third kappa shape index (κ3) is 3.43. The predicted molar refractivity (Wildman–Crippen MR) is 87.3 cm³/mol. The summed E-state index contributed by atoms with van der Waals surface area (Å²) in [7, 11) is 1.96. The van der Waals surface area contributed by atoms with Gasteiger partial charge in [0.2, 0.25) is 0 Å². The molecule has 0 aliphatic rings. The van der Waals surface area contributed by atoms with Crippen LogP contribution in [0.15, 0.2) is 34.9 Å². The van der Waals surface area contributed by atoms with Crippen LogP contribution in [-0.2, 0) is 6.42 Å². The average molecular weight is 357 g/mol. The van der Waals surface area contributed by atoms with Crippen molar-refractivity contribution in [1.29, 1.82) is 0 Å². The maximum absolute atomic E-state index is 6.33. The van der Waals surface area contributed by atoms with Gasteiger partial charge in [-0.05, 0) is 45.0 Å². The molecular weight excluding hydrogens is 338 g/mol. The quantitative estimate of drug-likeness (QED) is 0.861. The summed E-state index contributed by atoms with van der Waals surface area (Å²) >= 11 is 9.84. The predicted octanol–water partition coefficient (Wildman–Crippen LogP) is 4.38. The zero-order valence-electron chi connectivity index (χ0n) is 11.9. The lowest BCUT2D eigenvalue weighted by Gasteiger charge is -2.20. The van der Waals surface area contributed by atoms with Crippen molar-refractivity contribution in [3.63, 3.8) is 0 Å². The fraction of sp³-hybridized carbons (Fsp3) is 0.400. The van der Waals surface area contributed by atoms with Crippen molar-refractivity contribution in [3.8, 4) is 0 Å². The molecule has 1 unspecified atom stereocenters. The van der Waals surface area contributed by atoms with Crippen molar-refractivity contribution in [1.82, 2.24) is 15.1 Å². The Morgan fingerprint density at radius 1 is 1.40 bits per heavy atom. The Bertz CT molecular complexity index is 580. The molecular formula is C15H19BrClN3. The number of nitrogens with zero attached hydrogens (tertiary/aromatic N) is 2. The van der Waals surface area contributed by atoms with Gasteiger partial charge in [-0.2, -0.15) is 5.10 Å². The number of rotatable bonds is 5. The van der Waals surface area contributed by atoms with Crippen molar-refractivity contribution in [2.75, 3.05) is 7.05 Å². The Kier molecular flexibility index (Phi) is 5.24. The van der Waals surface area contributed by atoms with Gasteiger partial charge in [0.15, 0.2) is 0 Å². The summed E-state index contributed by atoms with van der Waals surface area (Å²) in [6.45, 7) is 4.22. The van der Waals surface area contributed by atoms with Gasteiger partial charge in [0, 0.05) is 10.5 Å². The fourth-order valence-electron chi connectivity index (χ4n) is 2.32. The highest BCUT2D eigenvalue weighted by molar-refractivity contribution is 9.10. The van der Waals surface area contributed by atoms with Crippen LogP contribution in [0.1, 0.15) is 37.2 Å². The van der Waals surface area contributed by atoms with E-state index in [0.717, 1.165) is 16.6 Å². The molecule has 0 saturated heterocycles. The molecule has 1 N–H and O–H groups in total. The topological polar surface area (TPSA) is 29.9 Å². The second-order valence-corrected chi connectivity index (χ2v) is 6.41. The number of benzene rings is 1. The second-order valence-electron chi connectivity index (χ2n) is 5.09. The molecule has 1 atom stereocenters. The van der Waals surface area contributed by atoms with Crippen molar-refractivity contribution in [2.24, 2.45) is 0 Å². The van der Waals surface area contributed by atoms with Gasteiger partial charge in [0.1, 0.15) is 0 Å². The van der Waals surface area contributed by atoms with Gasteiger partial charge in [-0.15, -0.1) is 0 Å². The standard InChI is InChI=1S/C15H19BrClN3/c1-10(2)20-15(13(17)9-19-20)14(18-3)8-11-5-4-6-12(16)7-11/h4-7,9-10,14,18H,8H2,1-3H3. The average Bonchev–Trinajstić information content (AvgIpc) is 2.78. The molecule has 1 aromatic heterocycles. The number of nitrogens with one attached hydrogen (secondary N) is 1. The molecule has 2 aromatic rings. The summed E-state index contributed by atoms with van der Waals surface area (Å²) in [4.78, 5) is 0. The smallest absolute Gasteiger partial charge is 0.0834 e. The molecule has 0 bridgehead atoms. The first kappa shape index (κ1) is 15.5. The minimum absolute atomic E-state index is 0.140. The Labute approximate surface area is 133 Å². The molecule has 0 amide bonds. The van der Waals surface area contributed by atoms with E-state index in [1.54, 1.807) is 6.20 Å². The number of hydrogen-bond donors (Lipinski definition) is 1. The van der Waals surface area contributed by atoms with E-state index < -0.39 is 0 Å². The Morgan fingerprint density at radius 2 is 2.15 bits per heavy atom. The molecule has 0 spiro atoms. The third-order valence-corrected chi connectivity index (χ3v) is 4.07. The molecule has 5 heteroatoms. The van der Waals surface area contributed by atoms with E-state index in [2.05, 4.69) is 52.3 Å². The summed E-state index contributed by atoms with van der Waals surface area (Å²) in [5.41, 5.74) is 2.30. The molecule has 1 aromatic carbocycles. The fourth-order valence-corrected chi connectivity index (χ4v) is 3.03. The molecule has 108 valence electrons. The summed E-state index contributed by atoms with van der Waals surface area (Å²) in [6.07, 6.45) is 2.59. The first-order valence-corrected chi connectivity index (χ1v) is 7.84. The minimum Gasteiger partial charge on any atom is -0.311 e. The highest BCUT2D eigenvalue weighted by Crippen LogP contribution is 2.28. The molecule has 0 saturated carbocycles. The molecule has 3 nitrogen and oxygen atoms in total. The molecule has 0 fully saturated rings. The molecule has 1 heterocycles. The summed E-state index contributed by atoms with van der Waals surface area (Å²) in [5, 5.41) is 8.44. The zero-order valence-corrected chi connectivity index (χ0v) is 14.2. The van der Waals surface area contributed by atoms with Gasteiger partial charge in [-0.1, -0.05) is 39.7 Å². The Hall–Kier alpha value is -0.840. The van der Waals surface area contributed by atoms with E-state index in [4.69, 9.17) is 11.6 Å². The van der Waals surface area contributed by atoms with Crippen molar-refractivity contribution in [2.45, 2.75) is 32.4 Å². The number of aromatic nitrogens is 2. The van der Waals surface area contributed by atoms with Crippen molar-refractivity contribution < 1.29 is 0 Å². The van der Waals surface area contributed by atoms with E-state index in [0.29, 0.717) is 5.02 Å². The van der Waals surface area contributed by atoms with Gasteiger partial charge in [-0.3, -0.25) is 4.68 Å². The van der Waals surface area contributed by atoms with Crippen LogP contribution in [0.25, 0.3) is 0 Å². The monoisotopic (exact) mass is 355 g/mol.